The number of Topliss-reactive ketones (excluding diaryl/α,β-unsaturated/α-hetero) is 1. The number of nitrogens with zero attached hydrogens (tertiary/aromatic N) is 3. The number of carbonyl (C=O) groups excluding carboxylic acids is 4. The van der Waals surface area contributed by atoms with E-state index >= 15 is 0 Å². The first kappa shape index (κ1) is 35.8. The van der Waals surface area contributed by atoms with E-state index in [9.17, 15) is 24.3 Å². The second kappa shape index (κ2) is 16.0. The number of hydrogen-bond donors (Lipinski definition) is 3. The number of aliphatic hydroxyl groups is 1. The molecule has 3 N–H and O–H groups in total. The zero-order chi connectivity index (χ0) is 32.6. The van der Waals surface area contributed by atoms with E-state index in [4.69, 9.17) is 39.5 Å². The molecular formula is C30H40Cl3N5O6. The van der Waals surface area contributed by atoms with Gasteiger partial charge in [0, 0.05) is 43.6 Å². The number of esters is 1. The van der Waals surface area contributed by atoms with Crippen LogP contribution in [0.15, 0.2) is 36.7 Å². The summed E-state index contributed by atoms with van der Waals surface area (Å²) in [7, 11) is 0. The minimum Gasteiger partial charge on any atom is -0.460 e. The maximum absolute atomic E-state index is 13.2. The van der Waals surface area contributed by atoms with Crippen molar-refractivity contribution in [3.8, 4) is 11.1 Å². The predicted octanol–water partition coefficient (Wildman–Crippen LogP) is 4.14. The molecule has 242 valence electrons. The number of hydrazine groups is 1. The molecule has 11 nitrogen and oxygen atoms in total. The Kier molecular flexibility index (Phi) is 13.0. The number of benzene rings is 1. The largest absolute Gasteiger partial charge is 0.460 e. The molecular weight excluding hydrogens is 633 g/mol. The highest BCUT2D eigenvalue weighted by molar-refractivity contribution is 6.67. The lowest BCUT2D eigenvalue weighted by Gasteiger charge is -2.34. The molecule has 3 rings (SSSR count). The Morgan fingerprint density at radius 2 is 1.89 bits per heavy atom. The van der Waals surface area contributed by atoms with Crippen LogP contribution in [-0.2, 0) is 30.5 Å². The Morgan fingerprint density at radius 3 is 2.55 bits per heavy atom. The molecule has 0 spiro atoms. The zero-order valence-corrected chi connectivity index (χ0v) is 27.5. The summed E-state index contributed by atoms with van der Waals surface area (Å²) in [6.07, 6.45) is 4.13. The number of rotatable bonds is 13. The van der Waals surface area contributed by atoms with Gasteiger partial charge >= 0.3 is 5.97 Å². The number of ketones is 1. The summed E-state index contributed by atoms with van der Waals surface area (Å²) < 4.78 is 4.96. The Bertz CT molecular complexity index is 1310. The van der Waals surface area contributed by atoms with E-state index in [2.05, 4.69) is 15.8 Å². The third-order valence-electron chi connectivity index (χ3n) is 7.39. The van der Waals surface area contributed by atoms with Crippen molar-refractivity contribution in [2.24, 2.45) is 11.8 Å². The molecule has 1 aromatic carbocycles. The van der Waals surface area contributed by atoms with Crippen LogP contribution < -0.4 is 10.7 Å². The van der Waals surface area contributed by atoms with E-state index in [1.807, 2.05) is 44.3 Å². The second-order valence-corrected chi connectivity index (χ2v) is 13.9. The van der Waals surface area contributed by atoms with Gasteiger partial charge in [-0.05, 0) is 49.8 Å². The monoisotopic (exact) mass is 671 g/mol. The summed E-state index contributed by atoms with van der Waals surface area (Å²) in [5.41, 5.74) is 5.42. The summed E-state index contributed by atoms with van der Waals surface area (Å²) in [4.78, 5) is 51.5. The minimum absolute atomic E-state index is 0.0219. The van der Waals surface area contributed by atoms with E-state index < -0.39 is 52.3 Å². The van der Waals surface area contributed by atoms with E-state index in [1.165, 1.54) is 5.01 Å². The highest BCUT2D eigenvalue weighted by Gasteiger charge is 2.34. The van der Waals surface area contributed by atoms with Crippen molar-refractivity contribution in [2.75, 3.05) is 13.2 Å². The van der Waals surface area contributed by atoms with Gasteiger partial charge in [-0.1, -0.05) is 66.8 Å². The van der Waals surface area contributed by atoms with Crippen LogP contribution in [0.5, 0.6) is 0 Å². The lowest BCUT2D eigenvalue weighted by atomic mass is 9.89. The Hall–Kier alpha value is -2.70. The quantitative estimate of drug-likeness (QED) is 0.213. The number of carbonyl (C=O) groups is 4. The van der Waals surface area contributed by atoms with Gasteiger partial charge in [-0.15, -0.1) is 0 Å². The van der Waals surface area contributed by atoms with Crippen LogP contribution in [0.25, 0.3) is 11.1 Å². The molecule has 0 unspecified atom stereocenters. The minimum atomic E-state index is -1.75. The van der Waals surface area contributed by atoms with Crippen molar-refractivity contribution in [2.45, 2.75) is 81.9 Å². The average molecular weight is 673 g/mol. The van der Waals surface area contributed by atoms with Gasteiger partial charge in [0.2, 0.25) is 9.70 Å². The third kappa shape index (κ3) is 10.7. The van der Waals surface area contributed by atoms with Crippen LogP contribution in [-0.4, -0.2) is 72.5 Å². The van der Waals surface area contributed by atoms with E-state index in [1.54, 1.807) is 24.7 Å². The summed E-state index contributed by atoms with van der Waals surface area (Å²) in [5.74, 6) is -2.36. The molecule has 1 fully saturated rings. The van der Waals surface area contributed by atoms with Crippen LogP contribution >= 0.6 is 34.8 Å². The Morgan fingerprint density at radius 1 is 1.16 bits per heavy atom. The topological polar surface area (TPSA) is 143 Å². The predicted molar refractivity (Wildman–Crippen MR) is 168 cm³/mol. The first-order valence-corrected chi connectivity index (χ1v) is 15.7. The van der Waals surface area contributed by atoms with E-state index in [-0.39, 0.29) is 24.5 Å². The molecule has 0 radical (unpaired) electrons. The first-order chi connectivity index (χ1) is 20.6. The zero-order valence-electron chi connectivity index (χ0n) is 25.3. The molecule has 0 aliphatic carbocycles. The molecule has 2 amide bonds. The fourth-order valence-electron chi connectivity index (χ4n) is 4.82. The van der Waals surface area contributed by atoms with Gasteiger partial charge < -0.3 is 15.2 Å². The van der Waals surface area contributed by atoms with Crippen molar-refractivity contribution in [3.05, 3.63) is 42.2 Å². The van der Waals surface area contributed by atoms with Crippen molar-refractivity contribution in [3.63, 3.8) is 0 Å². The fraction of sp³-hybridized carbons (Fsp3) is 0.567. The maximum atomic E-state index is 13.2. The van der Waals surface area contributed by atoms with Crippen LogP contribution in [0.1, 0.15) is 65.0 Å². The Labute approximate surface area is 272 Å². The summed E-state index contributed by atoms with van der Waals surface area (Å²) in [5, 5.41) is 18.2. The number of aliphatic hydroxyl groups excluding tert-OH is 1. The van der Waals surface area contributed by atoms with Gasteiger partial charge in [0.25, 0.3) is 5.91 Å². The van der Waals surface area contributed by atoms with Gasteiger partial charge in [-0.25, -0.2) is 5.43 Å². The highest BCUT2D eigenvalue weighted by atomic mass is 35.6. The Balaban J connectivity index is 1.51. The standard InChI is InChI=1S/C30H40Cl3N5O6/c1-18(2)25(14-24(40)10-12-37-16-23(15-34-37)22-8-5-7-21(13-22)20(4)39)27(41)35-19(3)28(42)38-11-6-9-26(36-38)29(43)44-17-30(31,32)33/h5,7-8,13,15-16,18-20,25-26,36,39H,6,9-12,14,17H2,1-4H3,(H,35,41)/t19-,20+,25-,26-/m0/s1. The lowest BCUT2D eigenvalue weighted by molar-refractivity contribution is -0.153. The number of aryl methyl sites for hydroxylation is 1. The number of hydrogen-bond acceptors (Lipinski definition) is 8. The number of halogens is 3. The van der Waals surface area contributed by atoms with Gasteiger partial charge in [-0.3, -0.25) is 28.9 Å². The van der Waals surface area contributed by atoms with Gasteiger partial charge in [-0.2, -0.15) is 5.10 Å². The molecule has 14 heteroatoms. The second-order valence-electron chi connectivity index (χ2n) is 11.4. The SMILES string of the molecule is CC(C)[C@H](CC(=O)CCn1cc(-c2cccc([C@@H](C)O)c2)cn1)C(=O)N[C@@H](C)C(=O)N1CCC[C@@H](C(=O)OCC(Cl)(Cl)Cl)N1. The highest BCUT2D eigenvalue weighted by Crippen LogP contribution is 2.26. The molecule has 1 aliphatic heterocycles. The number of amides is 2. The summed E-state index contributed by atoms with van der Waals surface area (Å²) in [6.45, 7) is 7.22. The molecule has 0 bridgehead atoms. The van der Waals surface area contributed by atoms with Gasteiger partial charge in [0.15, 0.2) is 0 Å². The lowest BCUT2D eigenvalue weighted by Crippen LogP contribution is -2.59. The number of aromatic nitrogens is 2. The van der Waals surface area contributed by atoms with Crippen molar-refractivity contribution in [1.82, 2.24) is 25.5 Å². The number of ether oxygens (including phenoxy) is 1. The first-order valence-electron chi connectivity index (χ1n) is 14.6. The smallest absolute Gasteiger partial charge is 0.325 e. The average Bonchev–Trinajstić information content (AvgIpc) is 3.46. The maximum Gasteiger partial charge on any atom is 0.325 e. The summed E-state index contributed by atoms with van der Waals surface area (Å²) >= 11 is 16.9. The van der Waals surface area contributed by atoms with Crippen LogP contribution in [0.2, 0.25) is 0 Å². The fourth-order valence-corrected chi connectivity index (χ4v) is 4.98. The van der Waals surface area contributed by atoms with Crippen molar-refractivity contribution < 1.29 is 29.0 Å². The third-order valence-corrected chi connectivity index (χ3v) is 7.72. The van der Waals surface area contributed by atoms with Crippen LogP contribution in [0.4, 0.5) is 0 Å². The molecule has 4 atom stereocenters. The van der Waals surface area contributed by atoms with Gasteiger partial charge in [0.05, 0.1) is 12.3 Å². The molecule has 1 aromatic heterocycles. The van der Waals surface area contributed by atoms with Crippen molar-refractivity contribution >= 4 is 58.4 Å². The van der Waals surface area contributed by atoms with Crippen LogP contribution in [0.3, 0.4) is 0 Å². The van der Waals surface area contributed by atoms with E-state index in [0.29, 0.717) is 25.9 Å². The molecule has 1 aliphatic rings. The molecule has 1 saturated heterocycles. The number of alkyl halides is 3. The molecule has 0 saturated carbocycles. The molecule has 2 aromatic rings. The van der Waals surface area contributed by atoms with Gasteiger partial charge in [0.1, 0.15) is 24.5 Å². The van der Waals surface area contributed by atoms with Crippen LogP contribution in [0, 0.1) is 11.8 Å². The molecule has 44 heavy (non-hydrogen) atoms. The normalized spacial score (nSPS) is 17.6. The van der Waals surface area contributed by atoms with E-state index in [0.717, 1.165) is 16.7 Å². The molecule has 2 heterocycles. The summed E-state index contributed by atoms with van der Waals surface area (Å²) in [6, 6.07) is 5.85. The van der Waals surface area contributed by atoms with Crippen molar-refractivity contribution in [1.29, 1.82) is 0 Å². The number of nitrogens with one attached hydrogen (secondary N) is 2.